The second-order valence-electron chi connectivity index (χ2n) is 1.81. The summed E-state index contributed by atoms with van der Waals surface area (Å²) < 4.78 is 0. The molecule has 5 nitrogen and oxygen atoms in total. The number of carbonyl (C=O) groups is 2. The zero-order valence-electron chi connectivity index (χ0n) is 5.96. The first-order valence-corrected chi connectivity index (χ1v) is 3.05. The van der Waals surface area contributed by atoms with E-state index in [2.05, 4.69) is 6.58 Å². The van der Waals surface area contributed by atoms with Crippen LogP contribution in [-0.2, 0) is 4.79 Å². The van der Waals surface area contributed by atoms with Crippen LogP contribution in [0.5, 0.6) is 0 Å². The van der Waals surface area contributed by atoms with Gasteiger partial charge in [-0.25, -0.2) is 10.2 Å². The molecule has 2 amide bonds. The van der Waals surface area contributed by atoms with Crippen molar-refractivity contribution in [2.24, 2.45) is 0 Å². The Morgan fingerprint density at radius 2 is 2.09 bits per heavy atom. The van der Waals surface area contributed by atoms with Gasteiger partial charge in [-0.2, -0.15) is 0 Å². The number of rotatable bonds is 3. The summed E-state index contributed by atoms with van der Waals surface area (Å²) in [4.78, 5) is 20.5. The molecule has 62 valence electrons. The van der Waals surface area contributed by atoms with Gasteiger partial charge < -0.3 is 5.11 Å². The summed E-state index contributed by atoms with van der Waals surface area (Å²) in [6.45, 7) is 3.41. The number of nitrogens with one attached hydrogen (secondary N) is 2. The van der Waals surface area contributed by atoms with Gasteiger partial charge >= 0.3 is 6.09 Å². The molecule has 0 aromatic heterocycles. The van der Waals surface area contributed by atoms with E-state index in [4.69, 9.17) is 5.11 Å². The van der Waals surface area contributed by atoms with E-state index in [1.54, 1.807) is 11.5 Å². The van der Waals surface area contributed by atoms with Gasteiger partial charge in [0.25, 0.3) is 0 Å². The first-order valence-electron chi connectivity index (χ1n) is 3.05. The van der Waals surface area contributed by atoms with Crippen LogP contribution in [-0.4, -0.2) is 17.1 Å². The second-order valence-corrected chi connectivity index (χ2v) is 1.81. The second kappa shape index (κ2) is 5.28. The highest BCUT2D eigenvalue weighted by Crippen LogP contribution is 1.86. The number of carboxylic acid groups (broad SMARTS) is 1. The Morgan fingerprint density at radius 1 is 1.45 bits per heavy atom. The van der Waals surface area contributed by atoms with Crippen molar-refractivity contribution in [2.45, 2.75) is 12.8 Å². The van der Waals surface area contributed by atoms with Gasteiger partial charge in [0, 0.05) is 6.42 Å². The maximum absolute atomic E-state index is 10.6. The SMILES string of the molecule is C=CCCC(=O)NNC(=O)O. The molecule has 3 N–H and O–H groups in total. The van der Waals surface area contributed by atoms with Gasteiger partial charge in [-0.1, -0.05) is 6.08 Å². The van der Waals surface area contributed by atoms with E-state index in [9.17, 15) is 9.59 Å². The van der Waals surface area contributed by atoms with E-state index >= 15 is 0 Å². The lowest BCUT2D eigenvalue weighted by Gasteiger charge is -2.01. The molecule has 0 saturated carbocycles. The summed E-state index contributed by atoms with van der Waals surface area (Å²) in [6.07, 6.45) is 1.08. The molecule has 0 aromatic rings. The van der Waals surface area contributed by atoms with E-state index in [-0.39, 0.29) is 12.3 Å². The smallest absolute Gasteiger partial charge is 0.423 e. The van der Waals surface area contributed by atoms with E-state index in [0.717, 1.165) is 0 Å². The monoisotopic (exact) mass is 158 g/mol. The third kappa shape index (κ3) is 6.36. The van der Waals surface area contributed by atoms with Crippen molar-refractivity contribution in [3.63, 3.8) is 0 Å². The molecule has 0 unspecified atom stereocenters. The lowest BCUT2D eigenvalue weighted by molar-refractivity contribution is -0.121. The minimum absolute atomic E-state index is 0.240. The van der Waals surface area contributed by atoms with Crippen molar-refractivity contribution in [3.05, 3.63) is 12.7 Å². The fraction of sp³-hybridized carbons (Fsp3) is 0.333. The van der Waals surface area contributed by atoms with Crippen LogP contribution in [0.25, 0.3) is 0 Å². The van der Waals surface area contributed by atoms with Crippen LogP contribution in [0.2, 0.25) is 0 Å². The van der Waals surface area contributed by atoms with Crippen LogP contribution < -0.4 is 10.9 Å². The Bertz CT molecular complexity index is 167. The van der Waals surface area contributed by atoms with Crippen LogP contribution in [0.1, 0.15) is 12.8 Å². The molecule has 0 spiro atoms. The van der Waals surface area contributed by atoms with Crippen molar-refractivity contribution < 1.29 is 14.7 Å². The molecule has 0 radical (unpaired) electrons. The van der Waals surface area contributed by atoms with E-state index in [1.807, 2.05) is 5.43 Å². The normalized spacial score (nSPS) is 8.36. The molecule has 5 heteroatoms. The van der Waals surface area contributed by atoms with E-state index < -0.39 is 6.09 Å². The summed E-state index contributed by atoms with van der Waals surface area (Å²) in [6, 6.07) is 0. The van der Waals surface area contributed by atoms with Gasteiger partial charge in [0.15, 0.2) is 0 Å². The molecule has 0 atom stereocenters. The van der Waals surface area contributed by atoms with E-state index in [0.29, 0.717) is 6.42 Å². The highest BCUT2D eigenvalue weighted by Gasteiger charge is 1.99. The van der Waals surface area contributed by atoms with Gasteiger partial charge in [0.1, 0.15) is 0 Å². The molecule has 0 fully saturated rings. The molecule has 0 saturated heterocycles. The van der Waals surface area contributed by atoms with Crippen molar-refractivity contribution in [3.8, 4) is 0 Å². The largest absolute Gasteiger partial charge is 0.464 e. The molecule has 11 heavy (non-hydrogen) atoms. The molecular weight excluding hydrogens is 148 g/mol. The fourth-order valence-electron chi connectivity index (χ4n) is 0.419. The molecule has 0 aliphatic rings. The summed E-state index contributed by atoms with van der Waals surface area (Å²) in [5.41, 5.74) is 3.72. The van der Waals surface area contributed by atoms with Crippen molar-refractivity contribution >= 4 is 12.0 Å². The first kappa shape index (κ1) is 9.48. The van der Waals surface area contributed by atoms with Gasteiger partial charge in [-0.05, 0) is 6.42 Å². The van der Waals surface area contributed by atoms with Gasteiger partial charge in [-0.3, -0.25) is 10.2 Å². The summed E-state index contributed by atoms with van der Waals surface area (Å²) in [7, 11) is 0. The number of hydrogen-bond donors (Lipinski definition) is 3. The average Bonchev–Trinajstić information content (AvgIpc) is 1.97. The van der Waals surface area contributed by atoms with Gasteiger partial charge in [-0.15, -0.1) is 6.58 Å². The Labute approximate surface area is 64.1 Å². The van der Waals surface area contributed by atoms with Crippen molar-refractivity contribution in [2.75, 3.05) is 0 Å². The summed E-state index contributed by atoms with van der Waals surface area (Å²) in [5.74, 6) is -0.368. The molecular formula is C6H10N2O3. The van der Waals surface area contributed by atoms with Crippen LogP contribution >= 0.6 is 0 Å². The molecule has 0 aliphatic heterocycles. The zero-order chi connectivity index (χ0) is 8.69. The Hall–Kier alpha value is -1.52. The predicted molar refractivity (Wildman–Crippen MR) is 38.7 cm³/mol. The molecule has 0 aliphatic carbocycles. The maximum atomic E-state index is 10.6. The lowest BCUT2D eigenvalue weighted by atomic mass is 10.3. The van der Waals surface area contributed by atoms with Crippen molar-refractivity contribution in [1.29, 1.82) is 0 Å². The maximum Gasteiger partial charge on any atom is 0.423 e. The van der Waals surface area contributed by atoms with Gasteiger partial charge in [0.2, 0.25) is 5.91 Å². The fourth-order valence-corrected chi connectivity index (χ4v) is 0.419. The number of amides is 2. The first-order chi connectivity index (χ1) is 5.16. The minimum atomic E-state index is -1.28. The summed E-state index contributed by atoms with van der Waals surface area (Å²) in [5, 5.41) is 8.04. The highest BCUT2D eigenvalue weighted by molar-refractivity contribution is 5.78. The zero-order valence-corrected chi connectivity index (χ0v) is 5.96. The quantitative estimate of drug-likeness (QED) is 0.407. The predicted octanol–water partition coefficient (Wildman–Crippen LogP) is 0.251. The number of allylic oxidation sites excluding steroid dienone is 1. The summed E-state index contributed by atoms with van der Waals surface area (Å²) >= 11 is 0. The average molecular weight is 158 g/mol. The number of carbonyl (C=O) groups excluding carboxylic acids is 1. The van der Waals surface area contributed by atoms with Crippen LogP contribution in [0, 0.1) is 0 Å². The highest BCUT2D eigenvalue weighted by atomic mass is 16.4. The van der Waals surface area contributed by atoms with E-state index in [1.165, 1.54) is 0 Å². The molecule has 0 rings (SSSR count). The molecule has 0 heterocycles. The number of hydrazine groups is 1. The van der Waals surface area contributed by atoms with Crippen LogP contribution in [0.15, 0.2) is 12.7 Å². The van der Waals surface area contributed by atoms with Gasteiger partial charge in [0.05, 0.1) is 0 Å². The van der Waals surface area contributed by atoms with Crippen molar-refractivity contribution in [1.82, 2.24) is 10.9 Å². The van der Waals surface area contributed by atoms with Crippen LogP contribution in [0.3, 0.4) is 0 Å². The lowest BCUT2D eigenvalue weighted by Crippen LogP contribution is -2.40. The Kier molecular flexibility index (Phi) is 4.55. The third-order valence-electron chi connectivity index (χ3n) is 0.884. The Balaban J connectivity index is 3.37. The minimum Gasteiger partial charge on any atom is -0.464 e. The Morgan fingerprint density at radius 3 is 2.55 bits per heavy atom. The topological polar surface area (TPSA) is 78.4 Å². The number of hydrogen-bond acceptors (Lipinski definition) is 2. The standard InChI is InChI=1S/C6H10N2O3/c1-2-3-4-5(9)7-8-6(10)11/h2,8H,1,3-4H2,(H,7,9)(H,10,11). The molecule has 0 bridgehead atoms. The third-order valence-corrected chi connectivity index (χ3v) is 0.884. The molecule has 0 aromatic carbocycles. The van der Waals surface area contributed by atoms with Crippen LogP contribution in [0.4, 0.5) is 4.79 Å².